The third-order valence-corrected chi connectivity index (χ3v) is 5.48. The molecule has 0 fully saturated rings. The van der Waals surface area contributed by atoms with Gasteiger partial charge in [0.1, 0.15) is 11.5 Å². The molecular formula is C26H23BrClN3O5. The first-order valence-electron chi connectivity index (χ1n) is 11.0. The lowest BCUT2D eigenvalue weighted by Gasteiger charge is -2.09. The Balaban J connectivity index is 1.55. The molecule has 3 rings (SSSR count). The summed E-state index contributed by atoms with van der Waals surface area (Å²) in [5.41, 5.74) is 3.38. The van der Waals surface area contributed by atoms with Gasteiger partial charge in [-0.15, -0.1) is 0 Å². The average molecular weight is 573 g/mol. The Hall–Kier alpha value is -3.69. The molecule has 0 heterocycles. The Morgan fingerprint density at radius 3 is 2.53 bits per heavy atom. The van der Waals surface area contributed by atoms with Gasteiger partial charge in [0.25, 0.3) is 11.8 Å². The predicted octanol–water partition coefficient (Wildman–Crippen LogP) is 4.99. The molecule has 0 aliphatic heterocycles. The summed E-state index contributed by atoms with van der Waals surface area (Å²) in [5.74, 6) is -0.677. The molecule has 3 aromatic rings. The molecule has 0 spiro atoms. The Morgan fingerprint density at radius 1 is 1.06 bits per heavy atom. The second kappa shape index (κ2) is 13.4. The van der Waals surface area contributed by atoms with Crippen molar-refractivity contribution in [2.45, 2.75) is 13.3 Å². The molecule has 0 radical (unpaired) electrons. The van der Waals surface area contributed by atoms with Crippen molar-refractivity contribution < 1.29 is 23.9 Å². The maximum Gasteiger partial charge on any atom is 0.345 e. The minimum Gasteiger partial charge on any atom is -0.494 e. The first kappa shape index (κ1) is 26.9. The zero-order chi connectivity index (χ0) is 25.9. The van der Waals surface area contributed by atoms with Gasteiger partial charge in [-0.3, -0.25) is 9.59 Å². The van der Waals surface area contributed by atoms with Gasteiger partial charge in [0, 0.05) is 15.6 Å². The van der Waals surface area contributed by atoms with Gasteiger partial charge in [-0.2, -0.15) is 5.10 Å². The highest BCUT2D eigenvalue weighted by Gasteiger charge is 2.14. The van der Waals surface area contributed by atoms with Crippen LogP contribution in [0.25, 0.3) is 0 Å². The molecule has 0 atom stereocenters. The molecule has 0 unspecified atom stereocenters. The van der Waals surface area contributed by atoms with Crippen molar-refractivity contribution in [3.05, 3.63) is 92.9 Å². The lowest BCUT2D eigenvalue weighted by Crippen LogP contribution is -2.34. The van der Waals surface area contributed by atoms with E-state index < -0.39 is 17.8 Å². The first-order chi connectivity index (χ1) is 17.4. The highest BCUT2D eigenvalue weighted by molar-refractivity contribution is 9.10. The summed E-state index contributed by atoms with van der Waals surface area (Å²) >= 11 is 9.42. The SMILES string of the molecule is CCCOc1ccc(C(=O)NCC(=O)N/N=C/c2cc(Br)ccc2OC(=O)c2ccccc2Cl)cc1. The van der Waals surface area contributed by atoms with Crippen molar-refractivity contribution in [1.82, 2.24) is 10.7 Å². The molecule has 36 heavy (non-hydrogen) atoms. The molecule has 0 aliphatic rings. The summed E-state index contributed by atoms with van der Waals surface area (Å²) in [4.78, 5) is 36.9. The number of hydrazone groups is 1. The predicted molar refractivity (Wildman–Crippen MR) is 141 cm³/mol. The lowest BCUT2D eigenvalue weighted by molar-refractivity contribution is -0.120. The largest absolute Gasteiger partial charge is 0.494 e. The van der Waals surface area contributed by atoms with Crippen molar-refractivity contribution in [2.75, 3.05) is 13.2 Å². The molecule has 10 heteroatoms. The Kier molecular flexibility index (Phi) is 10.0. The molecule has 186 valence electrons. The van der Waals surface area contributed by atoms with E-state index in [0.717, 1.165) is 6.42 Å². The van der Waals surface area contributed by atoms with Crippen molar-refractivity contribution >= 4 is 51.5 Å². The van der Waals surface area contributed by atoms with E-state index in [1.54, 1.807) is 66.7 Å². The van der Waals surface area contributed by atoms with Crippen molar-refractivity contribution in [1.29, 1.82) is 0 Å². The van der Waals surface area contributed by atoms with Crippen LogP contribution in [0.1, 0.15) is 39.6 Å². The summed E-state index contributed by atoms with van der Waals surface area (Å²) in [7, 11) is 0. The number of halogens is 2. The minimum absolute atomic E-state index is 0.220. The van der Waals surface area contributed by atoms with Gasteiger partial charge in [0.05, 0.1) is 30.0 Å². The molecule has 2 N–H and O–H groups in total. The first-order valence-corrected chi connectivity index (χ1v) is 12.1. The topological polar surface area (TPSA) is 106 Å². The van der Waals surface area contributed by atoms with Crippen LogP contribution in [0, 0.1) is 0 Å². The fourth-order valence-corrected chi connectivity index (χ4v) is 3.48. The molecule has 0 saturated carbocycles. The third-order valence-electron chi connectivity index (χ3n) is 4.66. The van der Waals surface area contributed by atoms with Crippen LogP contribution < -0.4 is 20.2 Å². The number of rotatable bonds is 10. The number of carbonyl (C=O) groups excluding carboxylic acids is 3. The van der Waals surface area contributed by atoms with Gasteiger partial charge in [-0.1, -0.05) is 46.6 Å². The van der Waals surface area contributed by atoms with Crippen LogP contribution in [0.2, 0.25) is 5.02 Å². The number of esters is 1. The third kappa shape index (κ3) is 7.93. The Labute approximate surface area is 221 Å². The van der Waals surface area contributed by atoms with E-state index in [9.17, 15) is 14.4 Å². The highest BCUT2D eigenvalue weighted by Crippen LogP contribution is 2.24. The highest BCUT2D eigenvalue weighted by atomic mass is 79.9. The molecule has 2 amide bonds. The van der Waals surface area contributed by atoms with Crippen LogP contribution in [-0.4, -0.2) is 37.1 Å². The van der Waals surface area contributed by atoms with Gasteiger partial charge in [0.15, 0.2) is 0 Å². The molecule has 0 bridgehead atoms. The zero-order valence-electron chi connectivity index (χ0n) is 19.3. The summed E-state index contributed by atoms with van der Waals surface area (Å²) in [6.45, 7) is 2.32. The van der Waals surface area contributed by atoms with E-state index >= 15 is 0 Å². The smallest absolute Gasteiger partial charge is 0.345 e. The van der Waals surface area contributed by atoms with Gasteiger partial charge >= 0.3 is 5.97 Å². The Morgan fingerprint density at radius 2 is 1.81 bits per heavy atom. The monoisotopic (exact) mass is 571 g/mol. The van der Waals surface area contributed by atoms with Crippen LogP contribution in [0.3, 0.4) is 0 Å². The second-order valence-corrected chi connectivity index (χ2v) is 8.72. The van der Waals surface area contributed by atoms with Crippen LogP contribution in [-0.2, 0) is 4.79 Å². The molecule has 3 aromatic carbocycles. The standard InChI is InChI=1S/C26H23BrClN3O5/c1-2-13-35-20-10-7-17(8-11-20)25(33)29-16-24(32)31-30-15-18-14-19(27)9-12-23(18)36-26(34)21-5-3-4-6-22(21)28/h3-12,14-15H,2,13,16H2,1H3,(H,29,33)(H,31,32)/b30-15+. The quantitative estimate of drug-likeness (QED) is 0.154. The summed E-state index contributed by atoms with van der Waals surface area (Å²) < 4.78 is 11.7. The van der Waals surface area contributed by atoms with Gasteiger partial charge in [-0.05, 0) is 61.0 Å². The molecule has 0 aliphatic carbocycles. The van der Waals surface area contributed by atoms with E-state index in [1.165, 1.54) is 6.21 Å². The fourth-order valence-electron chi connectivity index (χ4n) is 2.89. The van der Waals surface area contributed by atoms with Crippen molar-refractivity contribution in [3.63, 3.8) is 0 Å². The number of nitrogens with zero attached hydrogens (tertiary/aromatic N) is 1. The van der Waals surface area contributed by atoms with Gasteiger partial charge in [0.2, 0.25) is 0 Å². The van der Waals surface area contributed by atoms with E-state index in [1.807, 2.05) is 6.92 Å². The molecular weight excluding hydrogens is 550 g/mol. The number of hydrogen-bond acceptors (Lipinski definition) is 6. The van der Waals surface area contributed by atoms with Crippen LogP contribution in [0.4, 0.5) is 0 Å². The van der Waals surface area contributed by atoms with E-state index in [2.05, 4.69) is 31.8 Å². The number of amides is 2. The van der Waals surface area contributed by atoms with Crippen LogP contribution in [0.15, 0.2) is 76.3 Å². The van der Waals surface area contributed by atoms with Crippen molar-refractivity contribution in [2.24, 2.45) is 5.10 Å². The molecule has 0 aromatic heterocycles. The number of ether oxygens (including phenoxy) is 2. The Bertz CT molecular complexity index is 1260. The maximum atomic E-state index is 12.5. The number of nitrogens with one attached hydrogen (secondary N) is 2. The van der Waals surface area contributed by atoms with Crippen LogP contribution >= 0.6 is 27.5 Å². The second-order valence-electron chi connectivity index (χ2n) is 7.40. The van der Waals surface area contributed by atoms with E-state index in [-0.39, 0.29) is 22.9 Å². The van der Waals surface area contributed by atoms with E-state index in [0.29, 0.717) is 28.0 Å². The van der Waals surface area contributed by atoms with Crippen LogP contribution in [0.5, 0.6) is 11.5 Å². The normalized spacial score (nSPS) is 10.6. The molecule has 0 saturated heterocycles. The number of hydrogen-bond donors (Lipinski definition) is 2. The minimum atomic E-state index is -0.630. The molecule has 8 nitrogen and oxygen atoms in total. The average Bonchev–Trinajstić information content (AvgIpc) is 2.88. The summed E-state index contributed by atoms with van der Waals surface area (Å²) in [6, 6.07) is 18.1. The maximum absolute atomic E-state index is 12.5. The summed E-state index contributed by atoms with van der Waals surface area (Å²) in [6.07, 6.45) is 2.21. The fraction of sp³-hybridized carbons (Fsp3) is 0.154. The van der Waals surface area contributed by atoms with Gasteiger partial charge < -0.3 is 14.8 Å². The zero-order valence-corrected chi connectivity index (χ0v) is 21.6. The van der Waals surface area contributed by atoms with E-state index in [4.69, 9.17) is 21.1 Å². The summed E-state index contributed by atoms with van der Waals surface area (Å²) in [5, 5.41) is 6.69. The van der Waals surface area contributed by atoms with Crippen molar-refractivity contribution in [3.8, 4) is 11.5 Å². The number of carbonyl (C=O) groups is 3. The number of benzene rings is 3. The lowest BCUT2D eigenvalue weighted by atomic mass is 10.2. The van der Waals surface area contributed by atoms with Gasteiger partial charge in [-0.25, -0.2) is 10.2 Å².